The predicted octanol–water partition coefficient (Wildman–Crippen LogP) is 4.68. The standard InChI is InChI=1S/C22H25F3N2O4/c1-14-8-13-18(31-14)19(20(28)26-15-6-4-3-5-7-15)27(21(29)22(23,24)25)16-9-11-17(30-2)12-10-16/h8-13,15,19H,3-7H2,1-2H3,(H,26,28). The Morgan fingerprint density at radius 1 is 1.10 bits per heavy atom. The monoisotopic (exact) mass is 438 g/mol. The van der Waals surface area contributed by atoms with Crippen LogP contribution in [0.5, 0.6) is 5.75 Å². The van der Waals surface area contributed by atoms with E-state index in [1.807, 2.05) is 0 Å². The number of methoxy groups -OCH3 is 1. The van der Waals surface area contributed by atoms with E-state index in [0.717, 1.165) is 32.1 Å². The molecule has 1 saturated carbocycles. The van der Waals surface area contributed by atoms with Crippen LogP contribution in [-0.2, 0) is 9.59 Å². The zero-order chi connectivity index (χ0) is 22.6. The van der Waals surface area contributed by atoms with Crippen molar-refractivity contribution < 1.29 is 31.9 Å². The highest BCUT2D eigenvalue weighted by molar-refractivity contribution is 6.03. The number of anilines is 1. The number of nitrogens with one attached hydrogen (secondary N) is 1. The van der Waals surface area contributed by atoms with Crippen LogP contribution in [0.1, 0.15) is 49.7 Å². The topological polar surface area (TPSA) is 71.8 Å². The number of nitrogens with zero attached hydrogens (tertiary/aromatic N) is 1. The van der Waals surface area contributed by atoms with Gasteiger partial charge in [0.05, 0.1) is 7.11 Å². The van der Waals surface area contributed by atoms with Gasteiger partial charge >= 0.3 is 12.1 Å². The normalized spacial score (nSPS) is 15.9. The van der Waals surface area contributed by atoms with Crippen molar-refractivity contribution in [2.24, 2.45) is 0 Å². The molecule has 1 aromatic heterocycles. The molecule has 9 heteroatoms. The molecular weight excluding hydrogens is 413 g/mol. The molecule has 3 rings (SSSR count). The second-order valence-electron chi connectivity index (χ2n) is 7.57. The van der Waals surface area contributed by atoms with E-state index in [0.29, 0.717) is 16.4 Å². The van der Waals surface area contributed by atoms with Crippen molar-refractivity contribution >= 4 is 17.5 Å². The van der Waals surface area contributed by atoms with Gasteiger partial charge in [0, 0.05) is 11.7 Å². The molecule has 0 saturated heterocycles. The molecule has 0 spiro atoms. The van der Waals surface area contributed by atoms with Gasteiger partial charge in [-0.15, -0.1) is 0 Å². The molecule has 1 N–H and O–H groups in total. The Kier molecular flexibility index (Phi) is 6.92. The van der Waals surface area contributed by atoms with Crippen LogP contribution in [0.25, 0.3) is 0 Å². The van der Waals surface area contributed by atoms with Crippen molar-refractivity contribution in [3.63, 3.8) is 0 Å². The summed E-state index contributed by atoms with van der Waals surface area (Å²) in [6.45, 7) is 1.61. The van der Waals surface area contributed by atoms with Gasteiger partial charge in [-0.3, -0.25) is 14.5 Å². The van der Waals surface area contributed by atoms with Gasteiger partial charge in [0.25, 0.3) is 5.91 Å². The third kappa shape index (κ3) is 5.39. The number of furan rings is 1. The van der Waals surface area contributed by atoms with E-state index < -0.39 is 24.0 Å². The highest BCUT2D eigenvalue weighted by Gasteiger charge is 2.48. The highest BCUT2D eigenvalue weighted by atomic mass is 19.4. The number of aryl methyl sites for hydroxylation is 1. The van der Waals surface area contributed by atoms with Gasteiger partial charge in [-0.25, -0.2) is 0 Å². The molecule has 2 aromatic rings. The van der Waals surface area contributed by atoms with E-state index in [1.54, 1.807) is 13.0 Å². The first-order valence-corrected chi connectivity index (χ1v) is 10.1. The Morgan fingerprint density at radius 2 is 1.74 bits per heavy atom. The number of amides is 2. The predicted molar refractivity (Wildman–Crippen MR) is 108 cm³/mol. The summed E-state index contributed by atoms with van der Waals surface area (Å²) >= 11 is 0. The fourth-order valence-corrected chi connectivity index (χ4v) is 3.76. The second-order valence-corrected chi connectivity index (χ2v) is 7.57. The Bertz CT molecular complexity index is 902. The third-order valence-electron chi connectivity index (χ3n) is 5.30. The fourth-order valence-electron chi connectivity index (χ4n) is 3.76. The summed E-state index contributed by atoms with van der Waals surface area (Å²) in [5, 5.41) is 2.82. The van der Waals surface area contributed by atoms with Crippen LogP contribution in [-0.4, -0.2) is 31.1 Å². The van der Waals surface area contributed by atoms with Gasteiger partial charge in [-0.1, -0.05) is 19.3 Å². The smallest absolute Gasteiger partial charge is 0.471 e. The maximum Gasteiger partial charge on any atom is 0.471 e. The molecule has 0 radical (unpaired) electrons. The minimum absolute atomic E-state index is 0.0424. The Morgan fingerprint density at radius 3 is 2.26 bits per heavy atom. The summed E-state index contributed by atoms with van der Waals surface area (Å²) < 4.78 is 51.2. The first-order valence-electron chi connectivity index (χ1n) is 10.1. The zero-order valence-corrected chi connectivity index (χ0v) is 17.4. The molecule has 1 heterocycles. The van der Waals surface area contributed by atoms with Crippen molar-refractivity contribution in [1.29, 1.82) is 0 Å². The Balaban J connectivity index is 2.04. The number of carbonyl (C=O) groups is 2. The van der Waals surface area contributed by atoms with Gasteiger partial charge in [-0.2, -0.15) is 13.2 Å². The summed E-state index contributed by atoms with van der Waals surface area (Å²) in [5.41, 5.74) is -0.0963. The lowest BCUT2D eigenvalue weighted by Gasteiger charge is -2.32. The molecule has 1 atom stereocenters. The first-order chi connectivity index (χ1) is 14.7. The molecule has 2 amide bonds. The number of alkyl halides is 3. The molecular formula is C22H25F3N2O4. The van der Waals surface area contributed by atoms with Crippen LogP contribution in [0.4, 0.5) is 18.9 Å². The molecule has 0 aliphatic heterocycles. The van der Waals surface area contributed by atoms with Crippen molar-refractivity contribution in [2.75, 3.05) is 12.0 Å². The SMILES string of the molecule is COc1ccc(N(C(=O)C(F)(F)F)C(C(=O)NC2CCCCC2)c2ccc(C)o2)cc1. The second kappa shape index (κ2) is 9.45. The molecule has 0 bridgehead atoms. The minimum atomic E-state index is -5.19. The summed E-state index contributed by atoms with van der Waals surface area (Å²) in [6.07, 6.45) is -0.794. The van der Waals surface area contributed by atoms with Crippen LogP contribution in [0.2, 0.25) is 0 Å². The van der Waals surface area contributed by atoms with E-state index in [1.165, 1.54) is 37.4 Å². The Hall–Kier alpha value is -2.97. The van der Waals surface area contributed by atoms with Crippen molar-refractivity contribution in [2.45, 2.75) is 57.3 Å². The van der Waals surface area contributed by atoms with Gasteiger partial charge in [0.15, 0.2) is 6.04 Å². The number of carbonyl (C=O) groups excluding carboxylic acids is 2. The Labute approximate surface area is 178 Å². The molecule has 1 aliphatic carbocycles. The number of hydrogen-bond acceptors (Lipinski definition) is 4. The number of hydrogen-bond donors (Lipinski definition) is 1. The van der Waals surface area contributed by atoms with Crippen molar-refractivity contribution in [3.05, 3.63) is 47.9 Å². The molecule has 31 heavy (non-hydrogen) atoms. The van der Waals surface area contributed by atoms with Crippen molar-refractivity contribution in [1.82, 2.24) is 5.32 Å². The van der Waals surface area contributed by atoms with Crippen LogP contribution in [0, 0.1) is 6.92 Å². The average molecular weight is 438 g/mol. The molecule has 1 fully saturated rings. The van der Waals surface area contributed by atoms with E-state index in [-0.39, 0.29) is 17.5 Å². The van der Waals surface area contributed by atoms with Crippen LogP contribution in [0.15, 0.2) is 40.8 Å². The summed E-state index contributed by atoms with van der Waals surface area (Å²) in [4.78, 5) is 26.2. The lowest BCUT2D eigenvalue weighted by atomic mass is 9.95. The number of ether oxygens (including phenoxy) is 1. The minimum Gasteiger partial charge on any atom is -0.497 e. The third-order valence-corrected chi connectivity index (χ3v) is 5.30. The fraction of sp³-hybridized carbons (Fsp3) is 0.455. The van der Waals surface area contributed by atoms with E-state index in [4.69, 9.17) is 9.15 Å². The number of rotatable bonds is 6. The number of benzene rings is 1. The van der Waals surface area contributed by atoms with E-state index in [9.17, 15) is 22.8 Å². The van der Waals surface area contributed by atoms with Crippen molar-refractivity contribution in [3.8, 4) is 5.75 Å². The molecule has 6 nitrogen and oxygen atoms in total. The lowest BCUT2D eigenvalue weighted by molar-refractivity contribution is -0.171. The molecule has 1 aliphatic rings. The molecule has 1 unspecified atom stereocenters. The molecule has 168 valence electrons. The number of halogens is 3. The highest BCUT2D eigenvalue weighted by Crippen LogP contribution is 2.34. The van der Waals surface area contributed by atoms with E-state index >= 15 is 0 Å². The maximum atomic E-state index is 13.6. The van der Waals surface area contributed by atoms with E-state index in [2.05, 4.69) is 5.32 Å². The largest absolute Gasteiger partial charge is 0.497 e. The maximum absolute atomic E-state index is 13.6. The summed E-state index contributed by atoms with van der Waals surface area (Å²) in [6, 6.07) is 6.65. The molecule has 1 aromatic carbocycles. The summed E-state index contributed by atoms with van der Waals surface area (Å²) in [7, 11) is 1.42. The van der Waals surface area contributed by atoms with Crippen LogP contribution < -0.4 is 15.0 Å². The van der Waals surface area contributed by atoms with Gasteiger partial charge < -0.3 is 14.5 Å². The quantitative estimate of drug-likeness (QED) is 0.711. The van der Waals surface area contributed by atoms with Gasteiger partial charge in [-0.05, 0) is 56.2 Å². The lowest BCUT2D eigenvalue weighted by Crippen LogP contribution is -2.50. The average Bonchev–Trinajstić information content (AvgIpc) is 3.17. The summed E-state index contributed by atoms with van der Waals surface area (Å²) in [5.74, 6) is -2.09. The zero-order valence-electron chi connectivity index (χ0n) is 17.4. The van der Waals surface area contributed by atoms with Crippen LogP contribution in [0.3, 0.4) is 0 Å². The van der Waals surface area contributed by atoms with Gasteiger partial charge in [0.1, 0.15) is 17.3 Å². The van der Waals surface area contributed by atoms with Crippen LogP contribution >= 0.6 is 0 Å². The van der Waals surface area contributed by atoms with Gasteiger partial charge in [0.2, 0.25) is 0 Å². The first kappa shape index (κ1) is 22.7.